The van der Waals surface area contributed by atoms with Crippen LogP contribution in [0.15, 0.2) is 12.3 Å². The minimum atomic E-state index is 0.576. The molecule has 2 rings (SSSR count). The SMILES string of the molecule is Cc1cc2nc(Cl)sc2cn1. The zero-order valence-electron chi connectivity index (χ0n) is 5.84. The zero-order chi connectivity index (χ0) is 7.84. The lowest BCUT2D eigenvalue weighted by atomic mass is 10.3. The topological polar surface area (TPSA) is 25.8 Å². The molecule has 11 heavy (non-hydrogen) atoms. The fraction of sp³-hybridized carbons (Fsp3) is 0.143. The standard InChI is InChI=1S/C7H5ClN2S/c1-4-2-5-6(3-9-4)11-7(8)10-5/h2-3H,1H3. The first-order valence-electron chi connectivity index (χ1n) is 3.14. The second-order valence-electron chi connectivity index (χ2n) is 2.26. The van der Waals surface area contributed by atoms with Gasteiger partial charge in [-0.15, -0.1) is 11.3 Å². The third-order valence-corrected chi connectivity index (χ3v) is 2.50. The van der Waals surface area contributed by atoms with Gasteiger partial charge in [0.05, 0.1) is 10.2 Å². The highest BCUT2D eigenvalue weighted by atomic mass is 35.5. The van der Waals surface area contributed by atoms with Crippen molar-refractivity contribution in [3.63, 3.8) is 0 Å². The minimum Gasteiger partial charge on any atom is -0.260 e. The molecule has 0 saturated carbocycles. The second kappa shape index (κ2) is 2.43. The number of hydrogen-bond acceptors (Lipinski definition) is 3. The summed E-state index contributed by atoms with van der Waals surface area (Å²) in [5.41, 5.74) is 1.91. The van der Waals surface area contributed by atoms with Crippen LogP contribution in [-0.4, -0.2) is 9.97 Å². The van der Waals surface area contributed by atoms with E-state index in [1.807, 2.05) is 13.0 Å². The molecule has 56 valence electrons. The number of thiazole rings is 1. The Balaban J connectivity index is 2.82. The summed E-state index contributed by atoms with van der Waals surface area (Å²) in [4.78, 5) is 8.25. The van der Waals surface area contributed by atoms with Crippen molar-refractivity contribution >= 4 is 33.2 Å². The molecular weight excluding hydrogens is 180 g/mol. The Hall–Kier alpha value is -0.670. The van der Waals surface area contributed by atoms with E-state index in [1.54, 1.807) is 6.20 Å². The molecule has 0 radical (unpaired) electrons. The fourth-order valence-corrected chi connectivity index (χ4v) is 1.89. The predicted octanol–water partition coefficient (Wildman–Crippen LogP) is 2.65. The van der Waals surface area contributed by atoms with Gasteiger partial charge in [-0.25, -0.2) is 4.98 Å². The summed E-state index contributed by atoms with van der Waals surface area (Å²) in [5, 5.41) is 0. The normalized spacial score (nSPS) is 10.7. The highest BCUT2D eigenvalue weighted by molar-refractivity contribution is 7.22. The van der Waals surface area contributed by atoms with Crippen LogP contribution in [0.4, 0.5) is 0 Å². The van der Waals surface area contributed by atoms with E-state index in [9.17, 15) is 0 Å². The van der Waals surface area contributed by atoms with Crippen molar-refractivity contribution in [2.75, 3.05) is 0 Å². The summed E-state index contributed by atoms with van der Waals surface area (Å²) in [6.45, 7) is 1.94. The summed E-state index contributed by atoms with van der Waals surface area (Å²) < 4.78 is 1.62. The number of nitrogens with zero attached hydrogens (tertiary/aromatic N) is 2. The quantitative estimate of drug-likeness (QED) is 0.629. The van der Waals surface area contributed by atoms with Crippen LogP contribution in [0.1, 0.15) is 5.69 Å². The van der Waals surface area contributed by atoms with E-state index in [0.29, 0.717) is 4.47 Å². The van der Waals surface area contributed by atoms with E-state index in [1.165, 1.54) is 11.3 Å². The van der Waals surface area contributed by atoms with Crippen LogP contribution >= 0.6 is 22.9 Å². The minimum absolute atomic E-state index is 0.576. The van der Waals surface area contributed by atoms with Gasteiger partial charge < -0.3 is 0 Å². The van der Waals surface area contributed by atoms with Crippen LogP contribution in [-0.2, 0) is 0 Å². The van der Waals surface area contributed by atoms with Crippen molar-refractivity contribution in [1.29, 1.82) is 0 Å². The Kier molecular flexibility index (Phi) is 1.55. The van der Waals surface area contributed by atoms with Crippen LogP contribution in [0.3, 0.4) is 0 Å². The number of rotatable bonds is 0. The van der Waals surface area contributed by atoms with Crippen LogP contribution in [0.2, 0.25) is 4.47 Å². The molecule has 2 aromatic heterocycles. The third kappa shape index (κ3) is 1.21. The monoisotopic (exact) mass is 184 g/mol. The molecule has 0 aliphatic rings. The highest BCUT2D eigenvalue weighted by Gasteiger charge is 2.00. The smallest absolute Gasteiger partial charge is 0.184 e. The van der Waals surface area contributed by atoms with Gasteiger partial charge in [-0.3, -0.25) is 4.98 Å². The summed E-state index contributed by atoms with van der Waals surface area (Å²) in [5.74, 6) is 0. The molecule has 0 aromatic carbocycles. The molecule has 0 fully saturated rings. The highest BCUT2D eigenvalue weighted by Crippen LogP contribution is 2.24. The maximum absolute atomic E-state index is 5.72. The van der Waals surface area contributed by atoms with E-state index in [4.69, 9.17) is 11.6 Å². The van der Waals surface area contributed by atoms with Crippen LogP contribution < -0.4 is 0 Å². The van der Waals surface area contributed by atoms with Crippen molar-refractivity contribution in [3.05, 3.63) is 22.4 Å². The number of aryl methyl sites for hydroxylation is 1. The van der Waals surface area contributed by atoms with Gasteiger partial charge >= 0.3 is 0 Å². The number of pyridine rings is 1. The van der Waals surface area contributed by atoms with Gasteiger partial charge in [0.25, 0.3) is 0 Å². The van der Waals surface area contributed by atoms with Crippen molar-refractivity contribution in [3.8, 4) is 0 Å². The molecule has 0 aliphatic carbocycles. The van der Waals surface area contributed by atoms with Gasteiger partial charge in [-0.1, -0.05) is 11.6 Å². The summed E-state index contributed by atoms with van der Waals surface area (Å²) >= 11 is 7.17. The van der Waals surface area contributed by atoms with Crippen LogP contribution in [0.5, 0.6) is 0 Å². The van der Waals surface area contributed by atoms with Gasteiger partial charge in [0, 0.05) is 11.9 Å². The molecule has 0 N–H and O–H groups in total. The van der Waals surface area contributed by atoms with Crippen LogP contribution in [0, 0.1) is 6.92 Å². The first-order valence-corrected chi connectivity index (χ1v) is 4.34. The zero-order valence-corrected chi connectivity index (χ0v) is 7.41. The summed E-state index contributed by atoms with van der Waals surface area (Å²) in [6.07, 6.45) is 1.80. The van der Waals surface area contributed by atoms with Gasteiger partial charge in [0.15, 0.2) is 4.47 Å². The average molecular weight is 185 g/mol. The molecule has 2 nitrogen and oxygen atoms in total. The van der Waals surface area contributed by atoms with E-state index >= 15 is 0 Å². The van der Waals surface area contributed by atoms with E-state index in [0.717, 1.165) is 15.9 Å². The lowest BCUT2D eigenvalue weighted by molar-refractivity contribution is 1.22. The molecule has 0 aliphatic heterocycles. The van der Waals surface area contributed by atoms with E-state index in [2.05, 4.69) is 9.97 Å². The number of fused-ring (bicyclic) bond motifs is 1. The Morgan fingerprint density at radius 3 is 3.18 bits per heavy atom. The van der Waals surface area contributed by atoms with E-state index < -0.39 is 0 Å². The molecule has 2 aromatic rings. The maximum atomic E-state index is 5.72. The molecule has 0 atom stereocenters. The maximum Gasteiger partial charge on any atom is 0.184 e. The molecule has 2 heterocycles. The predicted molar refractivity (Wildman–Crippen MR) is 47.2 cm³/mol. The fourth-order valence-electron chi connectivity index (χ4n) is 0.907. The second-order valence-corrected chi connectivity index (χ2v) is 3.87. The van der Waals surface area contributed by atoms with Gasteiger partial charge in [-0.05, 0) is 13.0 Å². The summed E-state index contributed by atoms with van der Waals surface area (Å²) in [7, 11) is 0. The van der Waals surface area contributed by atoms with Gasteiger partial charge in [0.2, 0.25) is 0 Å². The Morgan fingerprint density at radius 2 is 2.36 bits per heavy atom. The van der Waals surface area contributed by atoms with Crippen molar-refractivity contribution in [2.45, 2.75) is 6.92 Å². The lowest BCUT2D eigenvalue weighted by Crippen LogP contribution is -1.77. The first-order chi connectivity index (χ1) is 5.25. The van der Waals surface area contributed by atoms with Crippen molar-refractivity contribution in [2.24, 2.45) is 0 Å². The molecule has 0 spiro atoms. The van der Waals surface area contributed by atoms with Crippen LogP contribution in [0.25, 0.3) is 10.2 Å². The largest absolute Gasteiger partial charge is 0.260 e. The Morgan fingerprint density at radius 1 is 1.55 bits per heavy atom. The third-order valence-electron chi connectivity index (χ3n) is 1.39. The molecule has 0 saturated heterocycles. The van der Waals surface area contributed by atoms with E-state index in [-0.39, 0.29) is 0 Å². The van der Waals surface area contributed by atoms with Crippen molar-refractivity contribution in [1.82, 2.24) is 9.97 Å². The first kappa shape index (κ1) is 7.00. The number of halogens is 1. The Labute approximate surface area is 72.9 Å². The number of aromatic nitrogens is 2. The Bertz CT molecular complexity index is 396. The summed E-state index contributed by atoms with van der Waals surface area (Å²) in [6, 6.07) is 1.93. The molecular formula is C7H5ClN2S. The molecule has 4 heteroatoms. The lowest BCUT2D eigenvalue weighted by Gasteiger charge is -1.87. The van der Waals surface area contributed by atoms with Crippen molar-refractivity contribution < 1.29 is 0 Å². The molecule has 0 bridgehead atoms. The molecule has 0 unspecified atom stereocenters. The molecule has 0 amide bonds. The van der Waals surface area contributed by atoms with Gasteiger partial charge in [-0.2, -0.15) is 0 Å². The average Bonchev–Trinajstić information content (AvgIpc) is 2.27. The number of hydrogen-bond donors (Lipinski definition) is 0. The van der Waals surface area contributed by atoms with Gasteiger partial charge in [0.1, 0.15) is 0 Å².